The second-order valence-electron chi connectivity index (χ2n) is 5.91. The second kappa shape index (κ2) is 8.01. The van der Waals surface area contributed by atoms with Crippen LogP contribution in [0.4, 0.5) is 5.13 Å². The lowest BCUT2D eigenvalue weighted by atomic mass is 10.0. The summed E-state index contributed by atoms with van der Waals surface area (Å²) < 4.78 is 0. The Morgan fingerprint density at radius 3 is 2.58 bits per heavy atom. The van der Waals surface area contributed by atoms with Gasteiger partial charge in [0, 0.05) is 5.56 Å². The van der Waals surface area contributed by atoms with Crippen molar-refractivity contribution in [2.24, 2.45) is 5.92 Å². The fourth-order valence-electron chi connectivity index (χ4n) is 2.18. The molecule has 1 atom stereocenters. The number of benzene rings is 1. The Morgan fingerprint density at radius 2 is 2.00 bits per heavy atom. The Labute approximate surface area is 145 Å². The summed E-state index contributed by atoms with van der Waals surface area (Å²) in [5, 5.41) is 14.8. The molecule has 24 heavy (non-hydrogen) atoms. The molecule has 1 heterocycles. The number of aryl methyl sites for hydroxylation is 2. The Bertz CT molecular complexity index is 727. The van der Waals surface area contributed by atoms with Crippen LogP contribution in [0.5, 0.6) is 0 Å². The maximum atomic E-state index is 12.5. The van der Waals surface area contributed by atoms with Gasteiger partial charge < -0.3 is 5.32 Å². The van der Waals surface area contributed by atoms with Gasteiger partial charge in [0.1, 0.15) is 11.0 Å². The highest BCUT2D eigenvalue weighted by Crippen LogP contribution is 2.16. The zero-order chi connectivity index (χ0) is 17.7. The molecular formula is C17H22N4O2S. The SMILES string of the molecule is CCc1nnc(NC(=O)[C@H](NC(=O)c2cccc(C)c2)C(C)C)s1. The van der Waals surface area contributed by atoms with Gasteiger partial charge in [-0.1, -0.05) is 49.8 Å². The Kier molecular flexibility index (Phi) is 6.03. The van der Waals surface area contributed by atoms with E-state index in [9.17, 15) is 9.59 Å². The number of rotatable bonds is 6. The molecule has 128 valence electrons. The molecule has 0 aliphatic rings. The number of hydrogen-bond acceptors (Lipinski definition) is 5. The third kappa shape index (κ3) is 4.61. The fourth-order valence-corrected chi connectivity index (χ4v) is 2.86. The number of aromatic nitrogens is 2. The summed E-state index contributed by atoms with van der Waals surface area (Å²) in [5.74, 6) is -0.610. The molecule has 2 amide bonds. The van der Waals surface area contributed by atoms with Gasteiger partial charge in [0.05, 0.1) is 0 Å². The molecule has 1 aromatic carbocycles. The molecule has 0 aliphatic heterocycles. The number of carbonyl (C=O) groups excluding carboxylic acids is 2. The van der Waals surface area contributed by atoms with Crippen molar-refractivity contribution in [3.8, 4) is 0 Å². The van der Waals surface area contributed by atoms with Gasteiger partial charge in [-0.15, -0.1) is 10.2 Å². The number of anilines is 1. The van der Waals surface area contributed by atoms with E-state index in [0.717, 1.165) is 17.0 Å². The standard InChI is InChI=1S/C17H22N4O2S/c1-5-13-20-21-17(24-13)19-16(23)14(10(2)3)18-15(22)12-8-6-7-11(4)9-12/h6-10,14H,5H2,1-4H3,(H,18,22)(H,19,21,23)/t14-/m1/s1. The van der Waals surface area contributed by atoms with Crippen molar-refractivity contribution in [1.82, 2.24) is 15.5 Å². The van der Waals surface area contributed by atoms with Gasteiger partial charge in [-0.2, -0.15) is 0 Å². The number of nitrogens with one attached hydrogen (secondary N) is 2. The number of nitrogens with zero attached hydrogens (tertiary/aromatic N) is 2. The summed E-state index contributed by atoms with van der Waals surface area (Å²) >= 11 is 1.34. The van der Waals surface area contributed by atoms with E-state index >= 15 is 0 Å². The third-order valence-corrected chi connectivity index (χ3v) is 4.50. The summed E-state index contributed by atoms with van der Waals surface area (Å²) in [5.41, 5.74) is 1.53. The maximum Gasteiger partial charge on any atom is 0.251 e. The molecule has 0 saturated heterocycles. The van der Waals surface area contributed by atoms with Gasteiger partial charge in [-0.25, -0.2) is 0 Å². The summed E-state index contributed by atoms with van der Waals surface area (Å²) in [7, 11) is 0. The maximum absolute atomic E-state index is 12.5. The zero-order valence-corrected chi connectivity index (χ0v) is 15.1. The van der Waals surface area contributed by atoms with Crippen LogP contribution in [0.2, 0.25) is 0 Å². The van der Waals surface area contributed by atoms with E-state index in [0.29, 0.717) is 10.7 Å². The molecule has 0 aliphatic carbocycles. The minimum atomic E-state index is -0.646. The molecule has 2 rings (SSSR count). The largest absolute Gasteiger partial charge is 0.340 e. The molecule has 2 aromatic rings. The molecule has 0 fully saturated rings. The van der Waals surface area contributed by atoms with E-state index in [2.05, 4.69) is 20.8 Å². The highest BCUT2D eigenvalue weighted by Gasteiger charge is 2.25. The van der Waals surface area contributed by atoms with Gasteiger partial charge >= 0.3 is 0 Å². The normalized spacial score (nSPS) is 12.0. The van der Waals surface area contributed by atoms with Crippen LogP contribution in [-0.4, -0.2) is 28.1 Å². The van der Waals surface area contributed by atoms with Crippen LogP contribution in [0, 0.1) is 12.8 Å². The van der Waals surface area contributed by atoms with Crippen molar-refractivity contribution in [3.63, 3.8) is 0 Å². The fraction of sp³-hybridized carbons (Fsp3) is 0.412. The summed E-state index contributed by atoms with van der Waals surface area (Å²) in [4.78, 5) is 24.9. The number of hydrogen-bond donors (Lipinski definition) is 2. The zero-order valence-electron chi connectivity index (χ0n) is 14.3. The summed E-state index contributed by atoms with van der Waals surface area (Å²) in [6.45, 7) is 7.67. The lowest BCUT2D eigenvalue weighted by Crippen LogP contribution is -2.47. The molecule has 0 spiro atoms. The number of amides is 2. The first-order valence-corrected chi connectivity index (χ1v) is 8.73. The van der Waals surface area contributed by atoms with Crippen molar-refractivity contribution in [2.75, 3.05) is 5.32 Å². The van der Waals surface area contributed by atoms with Gasteiger partial charge in [0.25, 0.3) is 5.91 Å². The lowest BCUT2D eigenvalue weighted by Gasteiger charge is -2.21. The second-order valence-corrected chi connectivity index (χ2v) is 6.97. The minimum absolute atomic E-state index is 0.0580. The molecule has 0 bridgehead atoms. The van der Waals surface area contributed by atoms with Crippen molar-refractivity contribution in [2.45, 2.75) is 40.2 Å². The Morgan fingerprint density at radius 1 is 1.25 bits per heavy atom. The lowest BCUT2D eigenvalue weighted by molar-refractivity contribution is -0.118. The molecule has 6 nitrogen and oxygen atoms in total. The van der Waals surface area contributed by atoms with E-state index in [4.69, 9.17) is 0 Å². The molecule has 0 radical (unpaired) electrons. The predicted molar refractivity (Wildman–Crippen MR) is 95.2 cm³/mol. The number of carbonyl (C=O) groups is 2. The third-order valence-electron chi connectivity index (χ3n) is 3.52. The van der Waals surface area contributed by atoms with Crippen LogP contribution >= 0.6 is 11.3 Å². The van der Waals surface area contributed by atoms with Crippen molar-refractivity contribution < 1.29 is 9.59 Å². The Balaban J connectivity index is 2.08. The van der Waals surface area contributed by atoms with Crippen LogP contribution < -0.4 is 10.6 Å². The van der Waals surface area contributed by atoms with E-state index in [1.54, 1.807) is 12.1 Å². The first kappa shape index (κ1) is 18.1. The average Bonchev–Trinajstić information content (AvgIpc) is 2.99. The van der Waals surface area contributed by atoms with E-state index in [1.807, 2.05) is 39.8 Å². The van der Waals surface area contributed by atoms with Crippen molar-refractivity contribution in [3.05, 3.63) is 40.4 Å². The molecule has 2 N–H and O–H groups in total. The molecule has 7 heteroatoms. The highest BCUT2D eigenvalue weighted by atomic mass is 32.1. The molecule has 1 aromatic heterocycles. The van der Waals surface area contributed by atoms with Gasteiger partial charge in [-0.3, -0.25) is 14.9 Å². The summed E-state index contributed by atoms with van der Waals surface area (Å²) in [6.07, 6.45) is 0.769. The minimum Gasteiger partial charge on any atom is -0.340 e. The van der Waals surface area contributed by atoms with Crippen LogP contribution in [0.15, 0.2) is 24.3 Å². The smallest absolute Gasteiger partial charge is 0.251 e. The van der Waals surface area contributed by atoms with Crippen molar-refractivity contribution >= 4 is 28.3 Å². The average molecular weight is 346 g/mol. The topological polar surface area (TPSA) is 84.0 Å². The first-order chi connectivity index (χ1) is 11.4. The van der Waals surface area contributed by atoms with Gasteiger partial charge in [0.2, 0.25) is 11.0 Å². The molecule has 0 unspecified atom stereocenters. The summed E-state index contributed by atoms with van der Waals surface area (Å²) in [6, 6.07) is 6.62. The van der Waals surface area contributed by atoms with Crippen LogP contribution in [-0.2, 0) is 11.2 Å². The van der Waals surface area contributed by atoms with Gasteiger partial charge in [-0.05, 0) is 31.4 Å². The van der Waals surface area contributed by atoms with E-state index in [1.165, 1.54) is 11.3 Å². The van der Waals surface area contributed by atoms with E-state index in [-0.39, 0.29) is 17.7 Å². The quantitative estimate of drug-likeness (QED) is 0.842. The highest BCUT2D eigenvalue weighted by molar-refractivity contribution is 7.15. The van der Waals surface area contributed by atoms with Gasteiger partial charge in [0.15, 0.2) is 0 Å². The predicted octanol–water partition coefficient (Wildman–Crippen LogP) is 2.80. The monoisotopic (exact) mass is 346 g/mol. The van der Waals surface area contributed by atoms with Crippen LogP contribution in [0.1, 0.15) is 41.7 Å². The first-order valence-electron chi connectivity index (χ1n) is 7.91. The molecular weight excluding hydrogens is 324 g/mol. The van der Waals surface area contributed by atoms with Crippen LogP contribution in [0.3, 0.4) is 0 Å². The van der Waals surface area contributed by atoms with Crippen molar-refractivity contribution in [1.29, 1.82) is 0 Å². The molecule has 0 saturated carbocycles. The van der Waals surface area contributed by atoms with E-state index < -0.39 is 6.04 Å². The van der Waals surface area contributed by atoms with Crippen LogP contribution in [0.25, 0.3) is 0 Å². The Hall–Kier alpha value is -2.28.